The molecule has 0 spiro atoms. The van der Waals surface area contributed by atoms with Gasteiger partial charge in [-0.05, 0) is 49.2 Å². The summed E-state index contributed by atoms with van der Waals surface area (Å²) in [7, 11) is 0. The lowest BCUT2D eigenvalue weighted by Crippen LogP contribution is -2.21. The van der Waals surface area contributed by atoms with Gasteiger partial charge in [0.05, 0.1) is 12.0 Å². The van der Waals surface area contributed by atoms with Gasteiger partial charge in [0.1, 0.15) is 12.2 Å². The van der Waals surface area contributed by atoms with E-state index in [1.165, 1.54) is 5.56 Å². The van der Waals surface area contributed by atoms with Gasteiger partial charge in [-0.2, -0.15) is 5.10 Å². The average molecular weight is 424 g/mol. The van der Waals surface area contributed by atoms with Gasteiger partial charge in [-0.15, -0.1) is 0 Å². The zero-order chi connectivity index (χ0) is 22.1. The topological polar surface area (TPSA) is 98.7 Å². The Hall–Kier alpha value is -4.33. The molecule has 32 heavy (non-hydrogen) atoms. The van der Waals surface area contributed by atoms with E-state index in [1.807, 2.05) is 19.1 Å². The van der Waals surface area contributed by atoms with Crippen LogP contribution in [0.25, 0.3) is 33.6 Å². The molecule has 5 aromatic rings. The molecular formula is C24H20N6O2. The first-order chi connectivity index (χ1) is 15.6. The Balaban J connectivity index is 1.42. The molecule has 1 N–H and O–H groups in total. The standard InChI is InChI=1S/C24H20N6O2/c1-15-5-3-6-17(13-15)18-8-10-25-23-22(18)16(2)29-30(23)14-21(31)28-24-26-11-9-19(27-24)20-7-4-12-32-20/h3-13H,14H2,1-2H3,(H,26,27,28,31). The molecule has 5 rings (SSSR count). The third-order valence-corrected chi connectivity index (χ3v) is 5.11. The summed E-state index contributed by atoms with van der Waals surface area (Å²) < 4.78 is 6.96. The molecule has 1 aromatic carbocycles. The van der Waals surface area contributed by atoms with Gasteiger partial charge in [-0.25, -0.2) is 19.6 Å². The van der Waals surface area contributed by atoms with Crippen molar-refractivity contribution in [2.24, 2.45) is 0 Å². The summed E-state index contributed by atoms with van der Waals surface area (Å²) in [6.07, 6.45) is 4.88. The van der Waals surface area contributed by atoms with Crippen molar-refractivity contribution in [3.05, 3.63) is 78.4 Å². The monoisotopic (exact) mass is 424 g/mol. The third-order valence-electron chi connectivity index (χ3n) is 5.11. The van der Waals surface area contributed by atoms with Crippen molar-refractivity contribution < 1.29 is 9.21 Å². The molecule has 4 aromatic heterocycles. The van der Waals surface area contributed by atoms with Crippen LogP contribution in [-0.4, -0.2) is 30.6 Å². The summed E-state index contributed by atoms with van der Waals surface area (Å²) in [5.41, 5.74) is 5.36. The molecule has 0 bridgehead atoms. The van der Waals surface area contributed by atoms with Gasteiger partial charge in [-0.3, -0.25) is 10.1 Å². The largest absolute Gasteiger partial charge is 0.463 e. The number of nitrogens with zero attached hydrogens (tertiary/aromatic N) is 5. The van der Waals surface area contributed by atoms with E-state index in [1.54, 1.807) is 41.5 Å². The SMILES string of the molecule is Cc1cccc(-c2ccnc3c2c(C)nn3CC(=O)Nc2nccc(-c3ccco3)n2)c1. The minimum Gasteiger partial charge on any atom is -0.463 e. The number of rotatable bonds is 5. The van der Waals surface area contributed by atoms with E-state index >= 15 is 0 Å². The van der Waals surface area contributed by atoms with Crippen molar-refractivity contribution >= 4 is 22.9 Å². The molecule has 0 aliphatic heterocycles. The van der Waals surface area contributed by atoms with Crippen LogP contribution in [-0.2, 0) is 11.3 Å². The van der Waals surface area contributed by atoms with Crippen LogP contribution in [0.3, 0.4) is 0 Å². The third kappa shape index (κ3) is 3.74. The number of aromatic nitrogens is 5. The second-order valence-corrected chi connectivity index (χ2v) is 7.46. The van der Waals surface area contributed by atoms with Crippen molar-refractivity contribution in [3.8, 4) is 22.6 Å². The first kappa shape index (κ1) is 19.6. The number of hydrogen-bond donors (Lipinski definition) is 1. The average Bonchev–Trinajstić information content (AvgIpc) is 3.43. The van der Waals surface area contributed by atoms with Crippen molar-refractivity contribution in [2.45, 2.75) is 20.4 Å². The zero-order valence-corrected chi connectivity index (χ0v) is 17.6. The first-order valence-electron chi connectivity index (χ1n) is 10.1. The van der Waals surface area contributed by atoms with Gasteiger partial charge in [0.2, 0.25) is 11.9 Å². The molecule has 1 amide bonds. The fourth-order valence-corrected chi connectivity index (χ4v) is 3.73. The van der Waals surface area contributed by atoms with Gasteiger partial charge in [0.15, 0.2) is 11.4 Å². The summed E-state index contributed by atoms with van der Waals surface area (Å²) in [5.74, 6) is 0.503. The Labute approximate surface area is 184 Å². The molecule has 0 saturated heterocycles. The van der Waals surface area contributed by atoms with E-state index in [0.717, 1.165) is 22.2 Å². The van der Waals surface area contributed by atoms with Crippen LogP contribution in [0.4, 0.5) is 5.95 Å². The lowest BCUT2D eigenvalue weighted by Gasteiger charge is -2.07. The number of amides is 1. The van der Waals surface area contributed by atoms with Crippen LogP contribution >= 0.6 is 0 Å². The number of fused-ring (bicyclic) bond motifs is 1. The number of benzene rings is 1. The minimum atomic E-state index is -0.297. The molecule has 0 aliphatic carbocycles. The predicted octanol–water partition coefficient (Wildman–Crippen LogP) is 4.40. The Morgan fingerprint density at radius 1 is 1.06 bits per heavy atom. The Bertz CT molecular complexity index is 1420. The number of aryl methyl sites for hydroxylation is 2. The van der Waals surface area contributed by atoms with Gasteiger partial charge >= 0.3 is 0 Å². The number of pyridine rings is 1. The van der Waals surface area contributed by atoms with Crippen LogP contribution in [0.15, 0.2) is 71.6 Å². The van der Waals surface area contributed by atoms with Crippen molar-refractivity contribution in [3.63, 3.8) is 0 Å². The second kappa shape index (κ2) is 8.07. The summed E-state index contributed by atoms with van der Waals surface area (Å²) in [4.78, 5) is 25.7. The summed E-state index contributed by atoms with van der Waals surface area (Å²) >= 11 is 0. The summed E-state index contributed by atoms with van der Waals surface area (Å²) in [5, 5.41) is 8.24. The van der Waals surface area contributed by atoms with Crippen LogP contribution < -0.4 is 5.32 Å². The van der Waals surface area contributed by atoms with Gasteiger partial charge in [-0.1, -0.05) is 29.8 Å². The lowest BCUT2D eigenvalue weighted by molar-refractivity contribution is -0.116. The molecule has 0 fully saturated rings. The minimum absolute atomic E-state index is 0.0110. The second-order valence-electron chi connectivity index (χ2n) is 7.46. The van der Waals surface area contributed by atoms with Crippen molar-refractivity contribution in [1.29, 1.82) is 0 Å². The number of carbonyl (C=O) groups is 1. The highest BCUT2D eigenvalue weighted by molar-refractivity contribution is 5.96. The van der Waals surface area contributed by atoms with E-state index in [4.69, 9.17) is 4.42 Å². The maximum Gasteiger partial charge on any atom is 0.248 e. The van der Waals surface area contributed by atoms with Crippen molar-refractivity contribution in [2.75, 3.05) is 5.32 Å². The van der Waals surface area contributed by atoms with E-state index in [-0.39, 0.29) is 18.4 Å². The summed E-state index contributed by atoms with van der Waals surface area (Å²) in [6.45, 7) is 3.97. The number of anilines is 1. The predicted molar refractivity (Wildman–Crippen MR) is 121 cm³/mol. The van der Waals surface area contributed by atoms with Crippen LogP contribution in [0.2, 0.25) is 0 Å². The molecule has 0 saturated carbocycles. The van der Waals surface area contributed by atoms with E-state index in [0.29, 0.717) is 17.1 Å². The molecule has 158 valence electrons. The Kier molecular flexibility index (Phi) is 4.95. The fourth-order valence-electron chi connectivity index (χ4n) is 3.73. The van der Waals surface area contributed by atoms with Gasteiger partial charge < -0.3 is 4.42 Å². The number of furan rings is 1. The zero-order valence-electron chi connectivity index (χ0n) is 17.6. The molecule has 8 heteroatoms. The van der Waals surface area contributed by atoms with Gasteiger partial charge in [0.25, 0.3) is 0 Å². The highest BCUT2D eigenvalue weighted by Gasteiger charge is 2.17. The highest BCUT2D eigenvalue weighted by Crippen LogP contribution is 2.30. The quantitative estimate of drug-likeness (QED) is 0.449. The van der Waals surface area contributed by atoms with Crippen LogP contribution in [0.1, 0.15) is 11.3 Å². The summed E-state index contributed by atoms with van der Waals surface area (Å²) in [6, 6.07) is 15.5. The van der Waals surface area contributed by atoms with Gasteiger partial charge in [0, 0.05) is 17.8 Å². The smallest absolute Gasteiger partial charge is 0.248 e. The lowest BCUT2D eigenvalue weighted by atomic mass is 10.0. The number of carbonyl (C=O) groups excluding carboxylic acids is 1. The fraction of sp³-hybridized carbons (Fsp3) is 0.125. The number of nitrogens with one attached hydrogen (secondary N) is 1. The maximum atomic E-state index is 12.7. The maximum absolute atomic E-state index is 12.7. The highest BCUT2D eigenvalue weighted by atomic mass is 16.3. The van der Waals surface area contributed by atoms with Crippen LogP contribution in [0, 0.1) is 13.8 Å². The van der Waals surface area contributed by atoms with E-state index in [2.05, 4.69) is 50.5 Å². The Morgan fingerprint density at radius 2 is 1.94 bits per heavy atom. The number of hydrogen-bond acceptors (Lipinski definition) is 6. The molecule has 0 radical (unpaired) electrons. The normalized spacial score (nSPS) is 11.1. The Morgan fingerprint density at radius 3 is 2.75 bits per heavy atom. The van der Waals surface area contributed by atoms with E-state index in [9.17, 15) is 4.79 Å². The van der Waals surface area contributed by atoms with E-state index < -0.39 is 0 Å². The molecular weight excluding hydrogens is 404 g/mol. The molecule has 0 aliphatic rings. The van der Waals surface area contributed by atoms with Crippen molar-refractivity contribution in [1.82, 2.24) is 24.7 Å². The van der Waals surface area contributed by atoms with Crippen LogP contribution in [0.5, 0.6) is 0 Å². The molecule has 0 atom stereocenters. The first-order valence-corrected chi connectivity index (χ1v) is 10.1. The molecule has 4 heterocycles. The molecule has 8 nitrogen and oxygen atoms in total. The molecule has 0 unspecified atom stereocenters.